The molecule has 0 radical (unpaired) electrons. The van der Waals surface area contributed by atoms with Gasteiger partial charge >= 0.3 is 5.97 Å². The fourth-order valence-corrected chi connectivity index (χ4v) is 6.51. The maximum atomic E-state index is 12.1. The lowest BCUT2D eigenvalue weighted by molar-refractivity contribution is -0.154. The van der Waals surface area contributed by atoms with E-state index in [1.165, 1.54) is 199 Å². The van der Waals surface area contributed by atoms with E-state index in [2.05, 4.69) is 13.8 Å². The largest absolute Gasteiger partial charge is 0.457 e. The van der Waals surface area contributed by atoms with Gasteiger partial charge in [-0.05, 0) is 12.8 Å². The van der Waals surface area contributed by atoms with Gasteiger partial charge in [0.2, 0.25) is 0 Å². The van der Waals surface area contributed by atoms with Gasteiger partial charge in [-0.25, -0.2) is 0 Å². The smallest absolute Gasteiger partial charge is 0.306 e. The Bertz CT molecular complexity index is 566. The number of aliphatic hydroxyl groups is 1. The molecule has 0 aliphatic heterocycles. The zero-order valence-electron chi connectivity index (χ0n) is 31.6. The summed E-state index contributed by atoms with van der Waals surface area (Å²) in [6.07, 6.45) is 45.9. The molecule has 0 aromatic carbocycles. The monoisotopic (exact) mass is 653 g/mol. The second kappa shape index (κ2) is 40.6. The van der Waals surface area contributed by atoms with Gasteiger partial charge in [0.25, 0.3) is 0 Å². The molecule has 0 saturated heterocycles. The molecule has 0 aromatic heterocycles. The van der Waals surface area contributed by atoms with Crippen molar-refractivity contribution >= 4 is 5.97 Å². The molecule has 4 heteroatoms. The Morgan fingerprint density at radius 1 is 0.435 bits per heavy atom. The highest BCUT2D eigenvalue weighted by atomic mass is 16.6. The van der Waals surface area contributed by atoms with E-state index in [1.807, 2.05) is 0 Å². The molecule has 4 nitrogen and oxygen atoms in total. The summed E-state index contributed by atoms with van der Waals surface area (Å²) in [4.78, 5) is 12.1. The van der Waals surface area contributed by atoms with Crippen LogP contribution in [-0.2, 0) is 14.3 Å². The average molecular weight is 653 g/mol. The van der Waals surface area contributed by atoms with Crippen molar-refractivity contribution in [3.05, 3.63) is 0 Å². The lowest BCUT2D eigenvalue weighted by Gasteiger charge is -2.16. The number of aliphatic hydroxyl groups excluding tert-OH is 1. The molecule has 0 aromatic rings. The van der Waals surface area contributed by atoms with Crippen molar-refractivity contribution in [3.8, 4) is 0 Å². The van der Waals surface area contributed by atoms with E-state index in [-0.39, 0.29) is 12.6 Å². The first-order valence-electron chi connectivity index (χ1n) is 21.1. The van der Waals surface area contributed by atoms with Crippen LogP contribution in [0.5, 0.6) is 0 Å². The maximum Gasteiger partial charge on any atom is 0.306 e. The standard InChI is InChI=1S/C42H84O4/c1-3-5-7-9-11-13-15-17-18-19-20-21-22-23-24-25-26-28-30-32-34-36-38-45-40-41(39-43)46-42(44)37-35-33-31-29-27-16-14-12-10-8-6-4-2/h41,43H,3-40H2,1-2H3. The zero-order valence-corrected chi connectivity index (χ0v) is 31.6. The molecule has 0 bridgehead atoms. The van der Waals surface area contributed by atoms with Crippen molar-refractivity contribution in [1.82, 2.24) is 0 Å². The highest BCUT2D eigenvalue weighted by molar-refractivity contribution is 5.69. The number of rotatable bonds is 40. The Hall–Kier alpha value is -0.610. The fraction of sp³-hybridized carbons (Fsp3) is 0.976. The van der Waals surface area contributed by atoms with Crippen LogP contribution >= 0.6 is 0 Å². The molecule has 1 unspecified atom stereocenters. The van der Waals surface area contributed by atoms with Crippen molar-refractivity contribution in [2.24, 2.45) is 0 Å². The highest BCUT2D eigenvalue weighted by Crippen LogP contribution is 2.16. The summed E-state index contributed by atoms with van der Waals surface area (Å²) >= 11 is 0. The second-order valence-corrected chi connectivity index (χ2v) is 14.4. The third-order valence-corrected chi connectivity index (χ3v) is 9.68. The predicted octanol–water partition coefficient (Wildman–Crippen LogP) is 13.6. The molecule has 0 aliphatic carbocycles. The number of ether oxygens (including phenoxy) is 2. The van der Waals surface area contributed by atoms with Gasteiger partial charge < -0.3 is 14.6 Å². The second-order valence-electron chi connectivity index (χ2n) is 14.4. The summed E-state index contributed by atoms with van der Waals surface area (Å²) in [5.41, 5.74) is 0. The molecule has 0 saturated carbocycles. The number of carbonyl (C=O) groups excluding carboxylic acids is 1. The van der Waals surface area contributed by atoms with Crippen LogP contribution in [0.1, 0.15) is 239 Å². The lowest BCUT2D eigenvalue weighted by atomic mass is 10.0. The Labute approximate surface area is 289 Å². The Kier molecular flexibility index (Phi) is 40.0. The van der Waals surface area contributed by atoms with Crippen LogP contribution in [0.15, 0.2) is 0 Å². The molecule has 46 heavy (non-hydrogen) atoms. The Balaban J connectivity index is 3.32. The molecule has 1 N–H and O–H groups in total. The van der Waals surface area contributed by atoms with E-state index >= 15 is 0 Å². The summed E-state index contributed by atoms with van der Waals surface area (Å²) in [6.45, 7) is 5.39. The van der Waals surface area contributed by atoms with Crippen molar-refractivity contribution in [1.29, 1.82) is 0 Å². The molecule has 0 amide bonds. The third kappa shape index (κ3) is 37.8. The van der Waals surface area contributed by atoms with E-state index in [0.717, 1.165) is 19.3 Å². The number of carbonyl (C=O) groups is 1. The number of unbranched alkanes of at least 4 members (excludes halogenated alkanes) is 32. The lowest BCUT2D eigenvalue weighted by Crippen LogP contribution is -2.27. The summed E-state index contributed by atoms with van der Waals surface area (Å²) in [5.74, 6) is -0.195. The number of hydrogen-bond donors (Lipinski definition) is 1. The molecular weight excluding hydrogens is 568 g/mol. The van der Waals surface area contributed by atoms with Crippen LogP contribution in [0.4, 0.5) is 0 Å². The van der Waals surface area contributed by atoms with Gasteiger partial charge in [0.15, 0.2) is 0 Å². The third-order valence-electron chi connectivity index (χ3n) is 9.68. The van der Waals surface area contributed by atoms with E-state index in [4.69, 9.17) is 9.47 Å². The normalized spacial score (nSPS) is 12.2. The van der Waals surface area contributed by atoms with Crippen LogP contribution in [0.2, 0.25) is 0 Å². The van der Waals surface area contributed by atoms with Gasteiger partial charge in [0, 0.05) is 13.0 Å². The minimum atomic E-state index is -0.524. The van der Waals surface area contributed by atoms with Gasteiger partial charge in [-0.15, -0.1) is 0 Å². The number of esters is 1. The van der Waals surface area contributed by atoms with Crippen LogP contribution in [0.25, 0.3) is 0 Å². The van der Waals surface area contributed by atoms with Crippen LogP contribution in [-0.4, -0.2) is 37.0 Å². The molecule has 0 fully saturated rings. The number of hydrogen-bond acceptors (Lipinski definition) is 4. The van der Waals surface area contributed by atoms with Gasteiger partial charge in [0.05, 0.1) is 13.2 Å². The maximum absolute atomic E-state index is 12.1. The first-order chi connectivity index (χ1) is 22.7. The summed E-state index contributed by atoms with van der Waals surface area (Å²) < 4.78 is 11.1. The first kappa shape index (κ1) is 45.4. The molecule has 0 heterocycles. The van der Waals surface area contributed by atoms with Crippen molar-refractivity contribution in [2.45, 2.75) is 245 Å². The molecule has 276 valence electrons. The molecule has 0 aliphatic rings. The first-order valence-corrected chi connectivity index (χ1v) is 21.1. The quantitative estimate of drug-likeness (QED) is 0.0528. The van der Waals surface area contributed by atoms with Gasteiger partial charge in [-0.3, -0.25) is 4.79 Å². The van der Waals surface area contributed by atoms with Crippen LogP contribution in [0, 0.1) is 0 Å². The highest BCUT2D eigenvalue weighted by Gasteiger charge is 2.13. The van der Waals surface area contributed by atoms with E-state index in [0.29, 0.717) is 19.6 Å². The van der Waals surface area contributed by atoms with Crippen molar-refractivity contribution in [3.63, 3.8) is 0 Å². The summed E-state index contributed by atoms with van der Waals surface area (Å²) in [5, 5.41) is 9.57. The van der Waals surface area contributed by atoms with E-state index < -0.39 is 6.10 Å². The van der Waals surface area contributed by atoms with Crippen LogP contribution < -0.4 is 0 Å². The van der Waals surface area contributed by atoms with Crippen LogP contribution in [0.3, 0.4) is 0 Å². The average Bonchev–Trinajstić information content (AvgIpc) is 3.06. The van der Waals surface area contributed by atoms with E-state index in [1.54, 1.807) is 0 Å². The summed E-state index contributed by atoms with van der Waals surface area (Å²) in [7, 11) is 0. The molecule has 1 atom stereocenters. The Morgan fingerprint density at radius 3 is 1.02 bits per heavy atom. The minimum Gasteiger partial charge on any atom is -0.457 e. The molecule has 0 spiro atoms. The predicted molar refractivity (Wildman–Crippen MR) is 201 cm³/mol. The topological polar surface area (TPSA) is 55.8 Å². The minimum absolute atomic E-state index is 0.163. The molecule has 0 rings (SSSR count). The van der Waals surface area contributed by atoms with Gasteiger partial charge in [-0.1, -0.05) is 219 Å². The SMILES string of the molecule is CCCCCCCCCCCCCCCCCCCCCCCCOCC(CO)OC(=O)CCCCCCCCCCCCCC. The zero-order chi connectivity index (χ0) is 33.4. The van der Waals surface area contributed by atoms with Gasteiger partial charge in [0.1, 0.15) is 6.10 Å². The van der Waals surface area contributed by atoms with Crippen molar-refractivity contribution < 1.29 is 19.4 Å². The molecular formula is C42H84O4. The van der Waals surface area contributed by atoms with Gasteiger partial charge in [-0.2, -0.15) is 0 Å². The fourth-order valence-electron chi connectivity index (χ4n) is 6.51. The Morgan fingerprint density at radius 2 is 0.717 bits per heavy atom. The summed E-state index contributed by atoms with van der Waals surface area (Å²) in [6, 6.07) is 0. The van der Waals surface area contributed by atoms with E-state index in [9.17, 15) is 9.90 Å². The van der Waals surface area contributed by atoms with Crippen molar-refractivity contribution in [2.75, 3.05) is 19.8 Å².